The number of nitriles is 2. The van der Waals surface area contributed by atoms with Gasteiger partial charge in [0.25, 0.3) is 0 Å². The minimum atomic E-state index is -1.86. The second-order valence-electron chi connectivity index (χ2n) is 9.06. The lowest BCUT2D eigenvalue weighted by Gasteiger charge is -2.18. The van der Waals surface area contributed by atoms with Gasteiger partial charge in [-0.05, 0) is 50.8 Å². The Balaban J connectivity index is 2.13. The summed E-state index contributed by atoms with van der Waals surface area (Å²) >= 11 is 0. The van der Waals surface area contributed by atoms with Crippen molar-refractivity contribution in [2.75, 3.05) is 0 Å². The van der Waals surface area contributed by atoms with E-state index in [0.717, 1.165) is 12.2 Å². The van der Waals surface area contributed by atoms with Crippen molar-refractivity contribution in [2.24, 2.45) is 0 Å². The number of hydrogen-bond acceptors (Lipinski definition) is 2. The molecule has 204 valence electrons. The zero-order valence-electron chi connectivity index (χ0n) is 20.5. The first-order valence-electron chi connectivity index (χ1n) is 11.6. The molecule has 3 aromatic carbocycles. The van der Waals surface area contributed by atoms with Crippen LogP contribution in [0.4, 0.5) is 35.1 Å². The molecule has 0 saturated heterocycles. The van der Waals surface area contributed by atoms with Gasteiger partial charge in [-0.25, -0.2) is 35.1 Å². The van der Waals surface area contributed by atoms with Gasteiger partial charge in [0.05, 0.1) is 16.7 Å². The van der Waals surface area contributed by atoms with Crippen LogP contribution >= 0.6 is 0 Å². The molecule has 0 aromatic heterocycles. The molecule has 0 amide bonds. The van der Waals surface area contributed by atoms with E-state index in [1.165, 1.54) is 0 Å². The van der Waals surface area contributed by atoms with Gasteiger partial charge >= 0.3 is 5.82 Å². The van der Waals surface area contributed by atoms with Crippen LogP contribution < -0.4 is 10.4 Å². The molecule has 0 heterocycles. The van der Waals surface area contributed by atoms with Crippen LogP contribution in [0.2, 0.25) is 0 Å². The molecular formula is C30H8F8N4. The smallest absolute Gasteiger partial charge is 0.204 e. The molecule has 12 heteroatoms. The maximum atomic E-state index is 15.2. The fraction of sp³-hybridized carbons (Fsp3) is 0.0667. The molecular weight excluding hydrogens is 568 g/mol. The Morgan fingerprint density at radius 3 is 1.31 bits per heavy atom. The van der Waals surface area contributed by atoms with Gasteiger partial charge in [0.2, 0.25) is 0 Å². The van der Waals surface area contributed by atoms with E-state index in [9.17, 15) is 28.1 Å². The van der Waals surface area contributed by atoms with E-state index in [1.807, 2.05) is 0 Å². The number of benzene rings is 3. The molecule has 0 spiro atoms. The highest BCUT2D eigenvalue weighted by Crippen LogP contribution is 2.39. The molecule has 42 heavy (non-hydrogen) atoms. The van der Waals surface area contributed by atoms with Gasteiger partial charge in [0.1, 0.15) is 30.9 Å². The first-order valence-corrected chi connectivity index (χ1v) is 11.6. The average molecular weight is 576 g/mol. The number of fused-ring (bicyclic) bond motifs is 2. The zero-order chi connectivity index (χ0) is 30.6. The number of hydrogen-bond donors (Lipinski definition) is 0. The lowest BCUT2D eigenvalue weighted by atomic mass is 9.86. The average Bonchev–Trinajstić information content (AvgIpc) is 3.58. The summed E-state index contributed by atoms with van der Waals surface area (Å²) in [6, 6.07) is 3.09. The predicted molar refractivity (Wildman–Crippen MR) is 131 cm³/mol. The summed E-state index contributed by atoms with van der Waals surface area (Å²) in [5.74, 6) is -15.2. The SMILES string of the molecule is [C-]#[N+]C([N+]#[C-])=C1C=c2c(c(-c3c(F)c(F)cc(F)c3F)c3c(c2-c2c(F)c(F)cc(F)c2F)CC(=C(C#N)C#N)C=3)C1. The van der Waals surface area contributed by atoms with E-state index in [0.29, 0.717) is 0 Å². The summed E-state index contributed by atoms with van der Waals surface area (Å²) in [4.78, 5) is 6.12. The molecule has 0 radical (unpaired) electrons. The molecule has 0 atom stereocenters. The lowest BCUT2D eigenvalue weighted by molar-refractivity contribution is 0.457. The van der Waals surface area contributed by atoms with Gasteiger partial charge in [-0.3, -0.25) is 0 Å². The first-order chi connectivity index (χ1) is 20.0. The molecule has 0 unspecified atom stereocenters. The van der Waals surface area contributed by atoms with Crippen LogP contribution in [-0.4, -0.2) is 0 Å². The summed E-state index contributed by atoms with van der Waals surface area (Å²) in [5, 5.41) is 18.1. The van der Waals surface area contributed by atoms with E-state index in [4.69, 9.17) is 13.1 Å². The summed E-state index contributed by atoms with van der Waals surface area (Å²) in [7, 11) is 0. The van der Waals surface area contributed by atoms with Crippen molar-refractivity contribution < 1.29 is 35.1 Å². The first kappa shape index (κ1) is 27.8. The van der Waals surface area contributed by atoms with E-state index in [-0.39, 0.29) is 44.8 Å². The number of allylic oxidation sites excluding steroid dienone is 3. The minimum Gasteiger partial charge on any atom is -0.204 e. The van der Waals surface area contributed by atoms with Crippen LogP contribution in [0, 0.1) is 82.3 Å². The summed E-state index contributed by atoms with van der Waals surface area (Å²) < 4.78 is 119. The van der Waals surface area contributed by atoms with Crippen molar-refractivity contribution in [3.05, 3.63) is 126 Å². The fourth-order valence-corrected chi connectivity index (χ4v) is 5.21. The topological polar surface area (TPSA) is 56.3 Å². The Bertz CT molecular complexity index is 1930. The molecule has 5 rings (SSSR count). The maximum Gasteiger partial charge on any atom is 0.522 e. The molecule has 0 aliphatic heterocycles. The van der Waals surface area contributed by atoms with Crippen molar-refractivity contribution in [2.45, 2.75) is 12.8 Å². The van der Waals surface area contributed by atoms with E-state index in [2.05, 4.69) is 9.69 Å². The monoisotopic (exact) mass is 576 g/mol. The van der Waals surface area contributed by atoms with Crippen molar-refractivity contribution in [3.8, 4) is 34.4 Å². The molecule has 2 aliphatic rings. The quantitative estimate of drug-likeness (QED) is 0.158. The highest BCUT2D eigenvalue weighted by Gasteiger charge is 2.35. The Morgan fingerprint density at radius 1 is 0.595 bits per heavy atom. The third-order valence-corrected chi connectivity index (χ3v) is 6.93. The molecule has 0 saturated carbocycles. The maximum absolute atomic E-state index is 15.2. The largest absolute Gasteiger partial charge is 0.522 e. The standard InChI is InChI=1S/C30H8F8N4/c1-41-30(42-2)12-5-16-17(6-12)23(25-28(37)20(33)8-21(34)29(25)38)15-4-11(13(9-39)10-40)3-14(15)22(16)24-26(35)18(31)7-19(32)27(24)36/h3,6-8H,4-5H2. The Labute approximate surface area is 230 Å². The number of halogens is 8. The fourth-order valence-electron chi connectivity index (χ4n) is 5.21. The minimum absolute atomic E-state index is 0.0463. The van der Waals surface area contributed by atoms with Crippen molar-refractivity contribution in [1.82, 2.24) is 0 Å². The normalized spacial score (nSPS) is 12.8. The second kappa shape index (κ2) is 10.0. The zero-order valence-corrected chi connectivity index (χ0v) is 20.5. The van der Waals surface area contributed by atoms with Gasteiger partial charge < -0.3 is 0 Å². The van der Waals surface area contributed by atoms with Gasteiger partial charge in [-0.2, -0.15) is 20.2 Å². The molecule has 3 aromatic rings. The van der Waals surface area contributed by atoms with Crippen LogP contribution in [0.5, 0.6) is 0 Å². The summed E-state index contributed by atoms with van der Waals surface area (Å²) in [6.45, 7) is 14.6. The molecule has 4 nitrogen and oxygen atoms in total. The third kappa shape index (κ3) is 3.93. The molecule has 2 aliphatic carbocycles. The molecule has 0 bridgehead atoms. The Hall–Kier alpha value is -5.72. The van der Waals surface area contributed by atoms with Crippen molar-refractivity contribution >= 4 is 12.2 Å². The van der Waals surface area contributed by atoms with Crippen molar-refractivity contribution in [1.29, 1.82) is 10.5 Å². The Kier molecular flexibility index (Phi) is 6.65. The summed E-state index contributed by atoms with van der Waals surface area (Å²) in [5.41, 5.74) is -5.02. The van der Waals surface area contributed by atoms with Crippen LogP contribution in [0.25, 0.3) is 44.1 Å². The predicted octanol–water partition coefficient (Wildman–Crippen LogP) is 6.20. The highest BCUT2D eigenvalue weighted by atomic mass is 19.2. The highest BCUT2D eigenvalue weighted by molar-refractivity contribution is 5.87. The Morgan fingerprint density at radius 2 is 0.952 bits per heavy atom. The van der Waals surface area contributed by atoms with Crippen molar-refractivity contribution in [3.63, 3.8) is 0 Å². The second-order valence-corrected chi connectivity index (χ2v) is 9.06. The van der Waals surface area contributed by atoms with E-state index < -0.39 is 93.0 Å². The van der Waals surface area contributed by atoms with Gasteiger partial charge in [-0.1, -0.05) is 6.08 Å². The van der Waals surface area contributed by atoms with E-state index >= 15 is 17.6 Å². The van der Waals surface area contributed by atoms with Crippen LogP contribution in [0.3, 0.4) is 0 Å². The molecule has 0 N–H and O–H groups in total. The van der Waals surface area contributed by atoms with Gasteiger partial charge in [0, 0.05) is 18.6 Å². The van der Waals surface area contributed by atoms with Crippen LogP contribution in [0.1, 0.15) is 11.1 Å². The van der Waals surface area contributed by atoms with Crippen LogP contribution in [0.15, 0.2) is 34.7 Å². The molecule has 0 fully saturated rings. The number of nitrogens with zero attached hydrogens (tertiary/aromatic N) is 4. The van der Waals surface area contributed by atoms with Gasteiger partial charge in [-0.15, -0.1) is 0 Å². The van der Waals surface area contributed by atoms with Gasteiger partial charge in [0.15, 0.2) is 46.5 Å². The number of rotatable bonds is 2. The van der Waals surface area contributed by atoms with E-state index in [1.54, 1.807) is 12.1 Å². The lowest BCUT2D eigenvalue weighted by Crippen LogP contribution is -2.25. The van der Waals surface area contributed by atoms with Crippen LogP contribution in [-0.2, 0) is 12.8 Å². The summed E-state index contributed by atoms with van der Waals surface area (Å²) in [6.07, 6.45) is 1.02. The third-order valence-electron chi connectivity index (χ3n) is 6.93.